The van der Waals surface area contributed by atoms with Crippen LogP contribution in [0.4, 0.5) is 5.69 Å². The molecule has 3 N–H and O–H groups in total. The van der Waals surface area contributed by atoms with Crippen LogP contribution in [0.25, 0.3) is 66.1 Å². The number of hydrogen-bond acceptors (Lipinski definition) is 2. The summed E-state index contributed by atoms with van der Waals surface area (Å²) in [6, 6.07) is 65.2. The molecule has 59 heavy (non-hydrogen) atoms. The van der Waals surface area contributed by atoms with Crippen LogP contribution in [0.1, 0.15) is 22.3 Å². The van der Waals surface area contributed by atoms with Gasteiger partial charge in [0.2, 0.25) is 0 Å². The molecule has 0 atom stereocenters. The predicted octanol–water partition coefficient (Wildman–Crippen LogP) is 12.4. The second-order valence-corrected chi connectivity index (χ2v) is 14.8. The molecule has 8 aromatic carbocycles. The summed E-state index contributed by atoms with van der Waals surface area (Å²) in [6.07, 6.45) is 1.64. The Labute approximate surface area is 342 Å². The molecule has 2 heterocycles. The van der Waals surface area contributed by atoms with E-state index < -0.39 is 0 Å². The third-order valence-corrected chi connectivity index (χ3v) is 11.4. The van der Waals surface area contributed by atoms with E-state index >= 15 is 0 Å². The molecule has 10 rings (SSSR count). The van der Waals surface area contributed by atoms with Gasteiger partial charge in [-0.05, 0) is 84.3 Å². The molecule has 10 aromatic rings. The number of nitrogens with zero attached hydrogens (tertiary/aromatic N) is 4. The average Bonchev–Trinajstić information content (AvgIpc) is 3.81. The quantitative estimate of drug-likeness (QED) is 0.0902. The Bertz CT molecular complexity index is 3250. The number of hydrogen-bond donors (Lipinski definition) is 2. The second kappa shape index (κ2) is 14.9. The number of rotatable bonds is 8. The first-order valence-corrected chi connectivity index (χ1v) is 19.8. The predicted molar refractivity (Wildman–Crippen MR) is 248 cm³/mol. The normalized spacial score (nSPS) is 11.8. The van der Waals surface area contributed by atoms with Crippen molar-refractivity contribution in [3.8, 4) is 22.5 Å². The summed E-state index contributed by atoms with van der Waals surface area (Å²) in [5.74, 6) is 0.502. The van der Waals surface area contributed by atoms with E-state index in [1.54, 1.807) is 0 Å². The first-order valence-electron chi connectivity index (χ1n) is 19.8. The molecule has 0 aliphatic heterocycles. The standard InChI is InChI=1S/C53H40N6/c1-56-53(57-52(55)37-19-9-4-10-20-37)39-21-13-22-40(33-39)58-47-32-31-45(54)43(29-27-35-15-5-2-6-16-35)50(47)44-24-14-26-48(51(44)58)59-46-25-12-11-23-41(46)42-30-28-38(34-49(42)59)36-17-7-3-8-18-36/h2-26,28,30-34,55H,1,27,29,54H2. The summed E-state index contributed by atoms with van der Waals surface area (Å²) in [7, 11) is 0. The van der Waals surface area contributed by atoms with Crippen molar-refractivity contribution in [3.05, 3.63) is 210 Å². The molecule has 0 saturated heterocycles. The Morgan fingerprint density at radius 3 is 2.02 bits per heavy atom. The van der Waals surface area contributed by atoms with E-state index in [4.69, 9.17) is 11.1 Å². The number of nitrogen functional groups attached to an aromatic ring is 1. The number of benzene rings is 8. The van der Waals surface area contributed by atoms with Gasteiger partial charge in [-0.15, -0.1) is 0 Å². The number of para-hydroxylation sites is 2. The van der Waals surface area contributed by atoms with Crippen molar-refractivity contribution in [2.45, 2.75) is 12.8 Å². The van der Waals surface area contributed by atoms with Crippen LogP contribution in [-0.4, -0.2) is 27.5 Å². The highest BCUT2D eigenvalue weighted by molar-refractivity contribution is 6.17. The Balaban J connectivity index is 1.26. The third-order valence-electron chi connectivity index (χ3n) is 11.4. The van der Waals surface area contributed by atoms with Crippen LogP contribution in [0.5, 0.6) is 0 Å². The van der Waals surface area contributed by atoms with Crippen molar-refractivity contribution in [1.82, 2.24) is 9.13 Å². The van der Waals surface area contributed by atoms with E-state index in [-0.39, 0.29) is 5.84 Å². The first kappa shape index (κ1) is 35.6. The largest absolute Gasteiger partial charge is 0.398 e. The van der Waals surface area contributed by atoms with Gasteiger partial charge in [0.1, 0.15) is 0 Å². The van der Waals surface area contributed by atoms with Crippen LogP contribution in [0.2, 0.25) is 0 Å². The monoisotopic (exact) mass is 760 g/mol. The maximum absolute atomic E-state index is 8.78. The van der Waals surface area contributed by atoms with Crippen molar-refractivity contribution < 1.29 is 0 Å². The zero-order chi connectivity index (χ0) is 39.9. The molecule has 2 aromatic heterocycles. The number of aromatic nitrogens is 2. The maximum atomic E-state index is 8.78. The molecule has 0 amide bonds. The number of anilines is 1. The topological polar surface area (TPSA) is 84.4 Å². The summed E-state index contributed by atoms with van der Waals surface area (Å²) < 4.78 is 4.78. The van der Waals surface area contributed by atoms with Crippen LogP contribution >= 0.6 is 0 Å². The molecule has 0 radical (unpaired) electrons. The number of amidine groups is 2. The maximum Gasteiger partial charge on any atom is 0.161 e. The fourth-order valence-corrected chi connectivity index (χ4v) is 8.64. The number of aryl methyl sites for hydroxylation is 2. The van der Waals surface area contributed by atoms with Gasteiger partial charge in [0.05, 0.1) is 27.8 Å². The van der Waals surface area contributed by atoms with Gasteiger partial charge in [-0.2, -0.15) is 0 Å². The summed E-state index contributed by atoms with van der Waals surface area (Å²) in [5, 5.41) is 13.4. The molecular weight excluding hydrogens is 721 g/mol. The Kier molecular flexibility index (Phi) is 9.00. The summed E-state index contributed by atoms with van der Waals surface area (Å²) in [5.41, 5.74) is 20.3. The van der Waals surface area contributed by atoms with Gasteiger partial charge < -0.3 is 14.9 Å². The smallest absolute Gasteiger partial charge is 0.161 e. The van der Waals surface area contributed by atoms with Crippen LogP contribution in [-0.2, 0) is 12.8 Å². The van der Waals surface area contributed by atoms with Crippen molar-refractivity contribution in [1.29, 1.82) is 5.41 Å². The second-order valence-electron chi connectivity index (χ2n) is 14.8. The molecule has 0 bridgehead atoms. The number of fused-ring (bicyclic) bond motifs is 6. The SMILES string of the molecule is C=NC(=NC(=N)c1ccccc1)c1cccc(-n2c3ccc(N)c(CCc4ccccc4)c3c3cccc(-n4c5ccccc5c5ccc(-c6ccccc6)cc54)c32)c1. The van der Waals surface area contributed by atoms with Crippen LogP contribution in [0.15, 0.2) is 198 Å². The third kappa shape index (κ3) is 6.28. The lowest BCUT2D eigenvalue weighted by Crippen LogP contribution is -2.05. The van der Waals surface area contributed by atoms with Crippen LogP contribution < -0.4 is 5.73 Å². The molecule has 6 nitrogen and oxygen atoms in total. The van der Waals surface area contributed by atoms with Gasteiger partial charge in [-0.3, -0.25) is 5.41 Å². The van der Waals surface area contributed by atoms with E-state index in [2.05, 4.69) is 165 Å². The number of nitrogens with two attached hydrogens (primary N) is 1. The van der Waals surface area contributed by atoms with Gasteiger partial charge >= 0.3 is 0 Å². The minimum atomic E-state index is 0.123. The van der Waals surface area contributed by atoms with Crippen molar-refractivity contribution >= 4 is 67.7 Å². The van der Waals surface area contributed by atoms with Gasteiger partial charge in [0.25, 0.3) is 0 Å². The molecule has 0 aliphatic carbocycles. The van der Waals surface area contributed by atoms with Gasteiger partial charge in [-0.25, -0.2) is 9.98 Å². The fraction of sp³-hybridized carbons (Fsp3) is 0.0377. The van der Waals surface area contributed by atoms with E-state index in [9.17, 15) is 0 Å². The molecule has 0 spiro atoms. The summed E-state index contributed by atoms with van der Waals surface area (Å²) >= 11 is 0. The first-order chi connectivity index (χ1) is 29.1. The Hall–Kier alpha value is -7.83. The highest BCUT2D eigenvalue weighted by atomic mass is 15.1. The minimum Gasteiger partial charge on any atom is -0.398 e. The number of nitrogens with one attached hydrogen (secondary N) is 1. The highest BCUT2D eigenvalue weighted by Gasteiger charge is 2.23. The van der Waals surface area contributed by atoms with E-state index in [0.29, 0.717) is 11.4 Å². The zero-order valence-corrected chi connectivity index (χ0v) is 32.4. The van der Waals surface area contributed by atoms with Gasteiger partial charge in [0.15, 0.2) is 11.7 Å². The Morgan fingerprint density at radius 1 is 0.542 bits per heavy atom. The van der Waals surface area contributed by atoms with Crippen molar-refractivity contribution in [3.63, 3.8) is 0 Å². The summed E-state index contributed by atoms with van der Waals surface area (Å²) in [6.45, 7) is 3.88. The van der Waals surface area contributed by atoms with Gasteiger partial charge in [-0.1, -0.05) is 146 Å². The van der Waals surface area contributed by atoms with Crippen LogP contribution in [0.3, 0.4) is 0 Å². The van der Waals surface area contributed by atoms with Crippen LogP contribution in [0, 0.1) is 5.41 Å². The Morgan fingerprint density at radius 2 is 1.22 bits per heavy atom. The lowest BCUT2D eigenvalue weighted by Gasteiger charge is -2.15. The molecule has 0 unspecified atom stereocenters. The molecule has 0 saturated carbocycles. The van der Waals surface area contributed by atoms with Crippen molar-refractivity contribution in [2.24, 2.45) is 9.98 Å². The van der Waals surface area contributed by atoms with E-state index in [1.165, 1.54) is 21.9 Å². The summed E-state index contributed by atoms with van der Waals surface area (Å²) in [4.78, 5) is 9.00. The molecule has 282 valence electrons. The molecule has 0 fully saturated rings. The molecule has 0 aliphatic rings. The van der Waals surface area contributed by atoms with Gasteiger partial charge in [0, 0.05) is 44.0 Å². The zero-order valence-electron chi connectivity index (χ0n) is 32.4. The average molecular weight is 761 g/mol. The minimum absolute atomic E-state index is 0.123. The van der Waals surface area contributed by atoms with E-state index in [1.807, 2.05) is 48.5 Å². The highest BCUT2D eigenvalue weighted by Crippen LogP contribution is 2.42. The number of aliphatic imine (C=N–C) groups is 2. The van der Waals surface area contributed by atoms with E-state index in [0.717, 1.165) is 79.4 Å². The van der Waals surface area contributed by atoms with Crippen molar-refractivity contribution in [2.75, 3.05) is 5.73 Å². The fourth-order valence-electron chi connectivity index (χ4n) is 8.64. The lowest BCUT2D eigenvalue weighted by atomic mass is 9.98. The molecular formula is C53H40N6. The molecule has 6 heteroatoms. The lowest BCUT2D eigenvalue weighted by molar-refractivity contribution is 0.972.